The maximum absolute atomic E-state index is 10.9. The van der Waals surface area contributed by atoms with Gasteiger partial charge in [-0.25, -0.2) is 4.98 Å². The van der Waals surface area contributed by atoms with Gasteiger partial charge in [0.25, 0.3) is 0 Å². The number of ether oxygens (including phenoxy) is 3. The van der Waals surface area contributed by atoms with Crippen LogP contribution in [-0.4, -0.2) is 40.9 Å². The van der Waals surface area contributed by atoms with Gasteiger partial charge in [-0.05, 0) is 13.8 Å². The molecule has 19 heavy (non-hydrogen) atoms. The Morgan fingerprint density at radius 3 is 2.68 bits per heavy atom. The smallest absolute Gasteiger partial charge is 0.309 e. The van der Waals surface area contributed by atoms with Crippen molar-refractivity contribution in [3.63, 3.8) is 0 Å². The van der Waals surface area contributed by atoms with Crippen LogP contribution in [0.5, 0.6) is 5.88 Å². The fourth-order valence-electron chi connectivity index (χ4n) is 1.90. The number of carboxylic acid groups (broad SMARTS) is 1. The van der Waals surface area contributed by atoms with Crippen molar-refractivity contribution in [3.8, 4) is 5.88 Å². The number of hydrogen-bond donors (Lipinski definition) is 1. The second kappa shape index (κ2) is 5.94. The molecule has 0 amide bonds. The zero-order valence-corrected chi connectivity index (χ0v) is 10.9. The molecule has 2 rings (SSSR count). The van der Waals surface area contributed by atoms with Crippen molar-refractivity contribution < 1.29 is 24.1 Å². The van der Waals surface area contributed by atoms with Crippen LogP contribution in [0.3, 0.4) is 0 Å². The Bertz CT molecular complexity index is 471. The van der Waals surface area contributed by atoms with Gasteiger partial charge in [0.15, 0.2) is 6.29 Å². The third-order valence-electron chi connectivity index (χ3n) is 2.56. The van der Waals surface area contributed by atoms with E-state index in [0.29, 0.717) is 42.8 Å². The lowest BCUT2D eigenvalue weighted by Gasteiger charge is -2.17. The van der Waals surface area contributed by atoms with Gasteiger partial charge in [0.2, 0.25) is 5.88 Å². The standard InChI is InChI=1S/C12H16N2O5/c1-3-17-11-10(12-18-4-5-19-12)8(6-9(15)16)13-7(2)14-11/h12H,3-6H2,1-2H3,(H,15,16). The number of hydrogen-bond acceptors (Lipinski definition) is 6. The summed E-state index contributed by atoms with van der Waals surface area (Å²) in [4.78, 5) is 19.3. The second-order valence-corrected chi connectivity index (χ2v) is 4.01. The van der Waals surface area contributed by atoms with E-state index in [4.69, 9.17) is 19.3 Å². The van der Waals surface area contributed by atoms with Crippen LogP contribution in [0.2, 0.25) is 0 Å². The molecule has 0 unspecified atom stereocenters. The van der Waals surface area contributed by atoms with Crippen molar-refractivity contribution >= 4 is 5.97 Å². The molecule has 2 heterocycles. The van der Waals surface area contributed by atoms with Gasteiger partial charge in [-0.3, -0.25) is 4.79 Å². The monoisotopic (exact) mass is 268 g/mol. The minimum atomic E-state index is -0.972. The van der Waals surface area contributed by atoms with Gasteiger partial charge < -0.3 is 19.3 Å². The van der Waals surface area contributed by atoms with Crippen LogP contribution in [0, 0.1) is 6.92 Å². The Kier molecular flexibility index (Phi) is 4.28. The van der Waals surface area contributed by atoms with E-state index < -0.39 is 12.3 Å². The first-order valence-corrected chi connectivity index (χ1v) is 6.07. The summed E-state index contributed by atoms with van der Waals surface area (Å²) < 4.78 is 16.3. The number of aryl methyl sites for hydroxylation is 1. The largest absolute Gasteiger partial charge is 0.481 e. The number of aromatic nitrogens is 2. The number of aliphatic carboxylic acids is 1. The highest BCUT2D eigenvalue weighted by Gasteiger charge is 2.28. The van der Waals surface area contributed by atoms with Gasteiger partial charge in [0, 0.05) is 0 Å². The van der Waals surface area contributed by atoms with E-state index >= 15 is 0 Å². The van der Waals surface area contributed by atoms with Crippen LogP contribution in [0.4, 0.5) is 0 Å². The van der Waals surface area contributed by atoms with Gasteiger partial charge in [-0.15, -0.1) is 0 Å². The lowest BCUT2D eigenvalue weighted by molar-refractivity contribution is -0.136. The molecule has 1 saturated heterocycles. The summed E-state index contributed by atoms with van der Waals surface area (Å²) in [6.45, 7) is 4.85. The SMILES string of the molecule is CCOc1nc(C)nc(CC(=O)O)c1C1OCCO1. The third-order valence-corrected chi connectivity index (χ3v) is 2.56. The van der Waals surface area contributed by atoms with Crippen molar-refractivity contribution in [3.05, 3.63) is 17.1 Å². The first-order valence-electron chi connectivity index (χ1n) is 6.07. The Morgan fingerprint density at radius 2 is 2.11 bits per heavy atom. The molecule has 7 heteroatoms. The van der Waals surface area contributed by atoms with E-state index in [-0.39, 0.29) is 6.42 Å². The third kappa shape index (κ3) is 3.18. The van der Waals surface area contributed by atoms with Gasteiger partial charge in [-0.2, -0.15) is 4.98 Å². The molecule has 1 fully saturated rings. The van der Waals surface area contributed by atoms with Gasteiger partial charge in [0.05, 0.1) is 37.5 Å². The van der Waals surface area contributed by atoms with Crippen molar-refractivity contribution in [1.29, 1.82) is 0 Å². The van der Waals surface area contributed by atoms with Crippen molar-refractivity contribution in [2.45, 2.75) is 26.6 Å². The van der Waals surface area contributed by atoms with Crippen LogP contribution in [0.1, 0.15) is 30.3 Å². The molecule has 104 valence electrons. The van der Waals surface area contributed by atoms with Crippen LogP contribution in [-0.2, 0) is 20.7 Å². The normalized spacial score (nSPS) is 15.7. The van der Waals surface area contributed by atoms with E-state index in [1.165, 1.54) is 0 Å². The van der Waals surface area contributed by atoms with Crippen LogP contribution >= 0.6 is 0 Å². The van der Waals surface area contributed by atoms with E-state index in [1.54, 1.807) is 6.92 Å². The molecule has 0 saturated carbocycles. The molecule has 1 aliphatic rings. The van der Waals surface area contributed by atoms with Gasteiger partial charge >= 0.3 is 5.97 Å². The topological polar surface area (TPSA) is 90.8 Å². The highest BCUT2D eigenvalue weighted by Crippen LogP contribution is 2.32. The van der Waals surface area contributed by atoms with Gasteiger partial charge in [-0.1, -0.05) is 0 Å². The molecule has 1 N–H and O–H groups in total. The Hall–Kier alpha value is -1.73. The van der Waals surface area contributed by atoms with E-state index in [1.807, 2.05) is 6.92 Å². The molecular formula is C12H16N2O5. The molecular weight excluding hydrogens is 252 g/mol. The fourth-order valence-corrected chi connectivity index (χ4v) is 1.90. The summed E-state index contributed by atoms with van der Waals surface area (Å²) in [5.41, 5.74) is 0.850. The lowest BCUT2D eigenvalue weighted by Crippen LogP contribution is -2.15. The quantitative estimate of drug-likeness (QED) is 0.846. The first-order chi connectivity index (χ1) is 9.11. The molecule has 0 aliphatic carbocycles. The Morgan fingerprint density at radius 1 is 1.42 bits per heavy atom. The minimum absolute atomic E-state index is 0.220. The number of nitrogens with zero attached hydrogens (tertiary/aromatic N) is 2. The lowest BCUT2D eigenvalue weighted by atomic mass is 10.1. The predicted octanol–water partition coefficient (Wildman–Crippen LogP) is 0.856. The van der Waals surface area contributed by atoms with E-state index in [2.05, 4.69) is 9.97 Å². The highest BCUT2D eigenvalue weighted by atomic mass is 16.7. The summed E-state index contributed by atoms with van der Waals surface area (Å²) in [5.74, 6) is -0.181. The molecule has 7 nitrogen and oxygen atoms in total. The van der Waals surface area contributed by atoms with Crippen molar-refractivity contribution in [1.82, 2.24) is 9.97 Å². The summed E-state index contributed by atoms with van der Waals surface area (Å²) in [6, 6.07) is 0. The summed E-state index contributed by atoms with van der Waals surface area (Å²) in [7, 11) is 0. The summed E-state index contributed by atoms with van der Waals surface area (Å²) in [5, 5.41) is 8.96. The van der Waals surface area contributed by atoms with Crippen molar-refractivity contribution in [2.75, 3.05) is 19.8 Å². The van der Waals surface area contributed by atoms with Crippen molar-refractivity contribution in [2.24, 2.45) is 0 Å². The molecule has 0 atom stereocenters. The minimum Gasteiger partial charge on any atom is -0.481 e. The fraction of sp³-hybridized carbons (Fsp3) is 0.583. The number of carboxylic acids is 1. The number of rotatable bonds is 5. The Balaban J connectivity index is 2.45. The average Bonchev–Trinajstić information content (AvgIpc) is 2.81. The molecule has 0 aromatic carbocycles. The van der Waals surface area contributed by atoms with Crippen LogP contribution in [0.15, 0.2) is 0 Å². The predicted molar refractivity (Wildman–Crippen MR) is 63.9 cm³/mol. The molecule has 1 aromatic rings. The number of carbonyl (C=O) groups is 1. The molecule has 0 spiro atoms. The maximum atomic E-state index is 10.9. The second-order valence-electron chi connectivity index (χ2n) is 4.01. The summed E-state index contributed by atoms with van der Waals surface area (Å²) in [6.07, 6.45) is -0.876. The zero-order chi connectivity index (χ0) is 13.8. The van der Waals surface area contributed by atoms with E-state index in [9.17, 15) is 4.79 Å². The molecule has 0 radical (unpaired) electrons. The van der Waals surface area contributed by atoms with Gasteiger partial charge in [0.1, 0.15) is 5.82 Å². The van der Waals surface area contributed by atoms with Crippen LogP contribution < -0.4 is 4.74 Å². The average molecular weight is 268 g/mol. The Labute approximate surface area is 110 Å². The molecule has 1 aliphatic heterocycles. The van der Waals surface area contributed by atoms with Crippen LogP contribution in [0.25, 0.3) is 0 Å². The zero-order valence-electron chi connectivity index (χ0n) is 10.9. The molecule has 0 bridgehead atoms. The maximum Gasteiger partial charge on any atom is 0.309 e. The summed E-state index contributed by atoms with van der Waals surface area (Å²) >= 11 is 0. The van der Waals surface area contributed by atoms with E-state index in [0.717, 1.165) is 0 Å². The highest BCUT2D eigenvalue weighted by molar-refractivity contribution is 5.70. The first kappa shape index (κ1) is 13.7. The molecule has 1 aromatic heterocycles.